The molecule has 0 heterocycles. The van der Waals surface area contributed by atoms with E-state index in [1.165, 1.54) is 6.92 Å². The summed E-state index contributed by atoms with van der Waals surface area (Å²) in [6.07, 6.45) is 0.248. The number of carboxylic acid groups (broad SMARTS) is 1. The van der Waals surface area contributed by atoms with Crippen LogP contribution >= 0.6 is 0 Å². The van der Waals surface area contributed by atoms with Gasteiger partial charge in [0, 0.05) is 12.5 Å². The minimum absolute atomic E-state index is 0.183. The molecule has 14 nitrogen and oxygen atoms in total. The molecule has 0 aliphatic heterocycles. The molecule has 0 saturated carbocycles. The van der Waals surface area contributed by atoms with E-state index in [1.807, 2.05) is 0 Å². The number of amides is 4. The Labute approximate surface area is 179 Å². The van der Waals surface area contributed by atoms with Gasteiger partial charge in [0.05, 0.1) is 13.0 Å². The highest BCUT2D eigenvalue weighted by molar-refractivity contribution is 5.94. The summed E-state index contributed by atoms with van der Waals surface area (Å²) in [5, 5.41) is 34.6. The smallest absolute Gasteiger partial charge is 0.305 e. The second-order valence-corrected chi connectivity index (χ2v) is 6.92. The number of nitrogens with two attached hydrogens (primary N) is 2. The van der Waals surface area contributed by atoms with Crippen LogP contribution in [-0.2, 0) is 24.0 Å². The highest BCUT2D eigenvalue weighted by Crippen LogP contribution is 2.05. The van der Waals surface area contributed by atoms with Crippen LogP contribution in [0.1, 0.15) is 33.1 Å². The van der Waals surface area contributed by atoms with E-state index in [2.05, 4.69) is 21.3 Å². The molecule has 0 aromatic rings. The molecule has 0 aromatic heterocycles. The van der Waals surface area contributed by atoms with Crippen LogP contribution in [0.4, 0.5) is 0 Å². The Hall–Kier alpha value is -3.42. The largest absolute Gasteiger partial charge is 0.481 e. The number of guanidine groups is 1. The SMILES string of the molecule is C[C@H](NC(=O)[C@H](CO)NC(=O)[C@@H](C)CCCNC(=N)N)C(=O)N[C@@H](CC(=O)O)C(N)=O. The zero-order valence-corrected chi connectivity index (χ0v) is 17.4. The third kappa shape index (κ3) is 11.4. The maximum absolute atomic E-state index is 12.3. The zero-order chi connectivity index (χ0) is 24.1. The average Bonchev–Trinajstić information content (AvgIpc) is 2.67. The highest BCUT2D eigenvalue weighted by atomic mass is 16.4. The van der Waals surface area contributed by atoms with E-state index in [0.29, 0.717) is 19.4 Å². The molecule has 0 radical (unpaired) electrons. The number of aliphatic carboxylic acids is 1. The second-order valence-electron chi connectivity index (χ2n) is 6.92. The standard InChI is InChI=1S/C17H31N7O7/c1-8(4-3-5-21-17(19)20)14(29)24-11(7-25)16(31)22-9(2)15(30)23-10(13(18)28)6-12(26)27/h8-11,25H,3-7H2,1-2H3,(H2,18,28)(H,22,31)(H,23,30)(H,24,29)(H,26,27)(H4,19,20,21)/t8-,9-,10-,11-/m0/s1. The maximum Gasteiger partial charge on any atom is 0.305 e. The van der Waals surface area contributed by atoms with Crippen molar-refractivity contribution in [3.63, 3.8) is 0 Å². The van der Waals surface area contributed by atoms with E-state index < -0.39 is 66.7 Å². The van der Waals surface area contributed by atoms with Gasteiger partial charge in [-0.2, -0.15) is 0 Å². The van der Waals surface area contributed by atoms with Gasteiger partial charge < -0.3 is 42.9 Å². The van der Waals surface area contributed by atoms with Gasteiger partial charge in [-0.05, 0) is 19.8 Å². The van der Waals surface area contributed by atoms with Crippen molar-refractivity contribution in [2.45, 2.75) is 51.2 Å². The van der Waals surface area contributed by atoms with Crippen molar-refractivity contribution in [2.24, 2.45) is 17.4 Å². The summed E-state index contributed by atoms with van der Waals surface area (Å²) < 4.78 is 0. The number of carboxylic acids is 1. The first-order valence-corrected chi connectivity index (χ1v) is 9.50. The van der Waals surface area contributed by atoms with Gasteiger partial charge in [-0.25, -0.2) is 0 Å². The van der Waals surface area contributed by atoms with E-state index in [4.69, 9.17) is 22.0 Å². The Balaban J connectivity index is 4.70. The molecular weight excluding hydrogens is 414 g/mol. The highest BCUT2D eigenvalue weighted by Gasteiger charge is 2.28. The summed E-state index contributed by atoms with van der Waals surface area (Å²) in [6, 6.07) is -3.99. The lowest BCUT2D eigenvalue weighted by Gasteiger charge is -2.22. The van der Waals surface area contributed by atoms with E-state index in [-0.39, 0.29) is 5.96 Å². The van der Waals surface area contributed by atoms with Gasteiger partial charge in [-0.15, -0.1) is 0 Å². The van der Waals surface area contributed by atoms with Gasteiger partial charge in [0.15, 0.2) is 5.96 Å². The van der Waals surface area contributed by atoms with Gasteiger partial charge >= 0.3 is 5.97 Å². The van der Waals surface area contributed by atoms with Crippen molar-refractivity contribution >= 4 is 35.6 Å². The van der Waals surface area contributed by atoms with Crippen LogP contribution in [0, 0.1) is 11.3 Å². The third-order valence-electron chi connectivity index (χ3n) is 4.18. The topological polar surface area (TPSA) is 250 Å². The molecule has 11 N–H and O–H groups in total. The molecule has 176 valence electrons. The number of carbonyl (C=O) groups is 5. The van der Waals surface area contributed by atoms with Gasteiger partial charge in [0.2, 0.25) is 23.6 Å². The molecule has 0 unspecified atom stereocenters. The number of carbonyl (C=O) groups excluding carboxylic acids is 4. The minimum Gasteiger partial charge on any atom is -0.481 e. The molecule has 0 rings (SSSR count). The lowest BCUT2D eigenvalue weighted by Crippen LogP contribution is -2.56. The molecule has 4 amide bonds. The summed E-state index contributed by atoms with van der Waals surface area (Å²) in [4.78, 5) is 58.6. The minimum atomic E-state index is -1.46. The number of aliphatic hydroxyl groups excluding tert-OH is 1. The first-order valence-electron chi connectivity index (χ1n) is 9.50. The van der Waals surface area contributed by atoms with Crippen LogP contribution in [0.25, 0.3) is 0 Å². The number of aliphatic hydroxyl groups is 1. The average molecular weight is 445 g/mol. The number of nitrogens with one attached hydrogen (secondary N) is 5. The Morgan fingerprint density at radius 3 is 2.00 bits per heavy atom. The van der Waals surface area contributed by atoms with Crippen LogP contribution in [0.5, 0.6) is 0 Å². The quantitative estimate of drug-likeness (QED) is 0.0724. The molecule has 31 heavy (non-hydrogen) atoms. The van der Waals surface area contributed by atoms with Crippen molar-refractivity contribution < 1.29 is 34.2 Å². The van der Waals surface area contributed by atoms with E-state index in [0.717, 1.165) is 0 Å². The van der Waals surface area contributed by atoms with Crippen LogP contribution < -0.4 is 32.7 Å². The van der Waals surface area contributed by atoms with E-state index in [9.17, 15) is 29.1 Å². The Morgan fingerprint density at radius 2 is 1.52 bits per heavy atom. The lowest BCUT2D eigenvalue weighted by atomic mass is 10.0. The monoisotopic (exact) mass is 445 g/mol. The van der Waals surface area contributed by atoms with Gasteiger partial charge in [-0.3, -0.25) is 29.4 Å². The fraction of sp³-hybridized carbons (Fsp3) is 0.647. The Kier molecular flexibility index (Phi) is 12.2. The van der Waals surface area contributed by atoms with E-state index in [1.54, 1.807) is 6.92 Å². The number of primary amides is 1. The molecule has 0 bridgehead atoms. The predicted molar refractivity (Wildman–Crippen MR) is 108 cm³/mol. The summed E-state index contributed by atoms with van der Waals surface area (Å²) in [5.41, 5.74) is 10.2. The van der Waals surface area contributed by atoms with E-state index >= 15 is 0 Å². The lowest BCUT2D eigenvalue weighted by molar-refractivity contribution is -0.140. The van der Waals surface area contributed by atoms with Gasteiger partial charge in [0.25, 0.3) is 0 Å². The fourth-order valence-corrected chi connectivity index (χ4v) is 2.34. The second kappa shape index (κ2) is 13.7. The van der Waals surface area contributed by atoms with Crippen molar-refractivity contribution in [2.75, 3.05) is 13.2 Å². The van der Waals surface area contributed by atoms with Crippen molar-refractivity contribution in [3.8, 4) is 0 Å². The van der Waals surface area contributed by atoms with Crippen LogP contribution in [0.2, 0.25) is 0 Å². The summed E-state index contributed by atoms with van der Waals surface area (Å²) >= 11 is 0. The third-order valence-corrected chi connectivity index (χ3v) is 4.18. The van der Waals surface area contributed by atoms with Gasteiger partial charge in [-0.1, -0.05) is 6.92 Å². The Bertz CT molecular complexity index is 686. The summed E-state index contributed by atoms with van der Waals surface area (Å²) in [6.45, 7) is 2.57. The molecule has 14 heteroatoms. The van der Waals surface area contributed by atoms with Crippen molar-refractivity contribution in [3.05, 3.63) is 0 Å². The molecule has 0 spiro atoms. The number of hydrogen-bond acceptors (Lipinski definition) is 7. The van der Waals surface area contributed by atoms with Crippen LogP contribution in [0.15, 0.2) is 0 Å². The van der Waals surface area contributed by atoms with Gasteiger partial charge in [0.1, 0.15) is 18.1 Å². The molecule has 0 aromatic carbocycles. The first-order chi connectivity index (χ1) is 14.4. The summed E-state index contributed by atoms with van der Waals surface area (Å²) in [7, 11) is 0. The molecule has 0 aliphatic rings. The normalized spacial score (nSPS) is 14.3. The van der Waals surface area contributed by atoms with Crippen LogP contribution in [-0.4, -0.2) is 77.0 Å². The predicted octanol–water partition coefficient (Wildman–Crippen LogP) is -3.69. The first kappa shape index (κ1) is 27.6. The number of rotatable bonds is 14. The van der Waals surface area contributed by atoms with Crippen molar-refractivity contribution in [1.82, 2.24) is 21.3 Å². The maximum atomic E-state index is 12.3. The van der Waals surface area contributed by atoms with Crippen LogP contribution in [0.3, 0.4) is 0 Å². The molecule has 0 fully saturated rings. The zero-order valence-electron chi connectivity index (χ0n) is 17.4. The molecule has 4 atom stereocenters. The molecule has 0 saturated heterocycles. The number of hydrogen-bond donors (Lipinski definition) is 9. The molecule has 0 aliphatic carbocycles. The molecular formula is C17H31N7O7. The summed E-state index contributed by atoms with van der Waals surface area (Å²) in [5.74, 6) is -5.30. The fourth-order valence-electron chi connectivity index (χ4n) is 2.34. The van der Waals surface area contributed by atoms with Crippen molar-refractivity contribution in [1.29, 1.82) is 5.41 Å². The Morgan fingerprint density at radius 1 is 0.935 bits per heavy atom.